The van der Waals surface area contributed by atoms with Crippen molar-refractivity contribution in [2.75, 3.05) is 31.2 Å². The first-order chi connectivity index (χ1) is 9.36. The summed E-state index contributed by atoms with van der Waals surface area (Å²) in [5, 5.41) is 12.8. The Kier molecular flexibility index (Phi) is 4.01. The van der Waals surface area contributed by atoms with Gasteiger partial charge in [-0.15, -0.1) is 0 Å². The van der Waals surface area contributed by atoms with Crippen LogP contribution in [0.3, 0.4) is 0 Å². The Hall–Kier alpha value is -1.10. The summed E-state index contributed by atoms with van der Waals surface area (Å²) in [6.07, 6.45) is 2.57. The van der Waals surface area contributed by atoms with E-state index in [4.69, 9.17) is 4.74 Å². The highest BCUT2D eigenvalue weighted by Crippen LogP contribution is 2.25. The van der Waals surface area contributed by atoms with Crippen LogP contribution in [0, 0.1) is 0 Å². The maximum Gasteiger partial charge on any atom is 0.0980 e. The van der Waals surface area contributed by atoms with Gasteiger partial charge < -0.3 is 20.1 Å². The molecule has 1 aromatic rings. The smallest absolute Gasteiger partial charge is 0.0980 e. The van der Waals surface area contributed by atoms with Gasteiger partial charge in [-0.3, -0.25) is 0 Å². The van der Waals surface area contributed by atoms with Crippen molar-refractivity contribution in [2.45, 2.75) is 31.5 Å². The summed E-state index contributed by atoms with van der Waals surface area (Å²) >= 11 is 0. The van der Waals surface area contributed by atoms with Crippen molar-refractivity contribution < 1.29 is 9.84 Å². The average Bonchev–Trinajstić information content (AvgIpc) is 3.30. The van der Waals surface area contributed by atoms with E-state index in [1.807, 2.05) is 0 Å². The van der Waals surface area contributed by atoms with Gasteiger partial charge in [-0.2, -0.15) is 0 Å². The van der Waals surface area contributed by atoms with Gasteiger partial charge in [0.1, 0.15) is 0 Å². The predicted molar refractivity (Wildman–Crippen MR) is 75.3 cm³/mol. The third-order valence-corrected chi connectivity index (χ3v) is 3.83. The molecular weight excluding hydrogens is 240 g/mol. The summed E-state index contributed by atoms with van der Waals surface area (Å²) in [6, 6.07) is 9.26. The molecule has 1 atom stereocenters. The minimum absolute atomic E-state index is 0.0572. The number of nitrogens with one attached hydrogen (secondary N) is 1. The second kappa shape index (κ2) is 5.90. The number of benzene rings is 1. The Morgan fingerprint density at radius 2 is 2.16 bits per heavy atom. The largest absolute Gasteiger partial charge is 0.394 e. The lowest BCUT2D eigenvalue weighted by molar-refractivity contribution is 0.00352. The normalized spacial score (nSPS) is 23.6. The third kappa shape index (κ3) is 3.26. The second-order valence-electron chi connectivity index (χ2n) is 5.41. The molecule has 1 unspecified atom stereocenters. The molecule has 3 rings (SSSR count). The first-order valence-corrected chi connectivity index (χ1v) is 7.15. The molecular formula is C15H22N2O2. The average molecular weight is 262 g/mol. The Labute approximate surface area is 114 Å². The van der Waals surface area contributed by atoms with Crippen molar-refractivity contribution in [3.63, 3.8) is 0 Å². The molecule has 4 heteroatoms. The van der Waals surface area contributed by atoms with Crippen LogP contribution in [0.15, 0.2) is 24.3 Å². The topological polar surface area (TPSA) is 44.7 Å². The number of nitrogens with zero attached hydrogens (tertiary/aromatic N) is 1. The zero-order chi connectivity index (χ0) is 13.1. The Bertz CT molecular complexity index is 420. The lowest BCUT2D eigenvalue weighted by Crippen LogP contribution is -2.44. The van der Waals surface area contributed by atoms with Crippen molar-refractivity contribution in [3.05, 3.63) is 29.8 Å². The number of aliphatic hydroxyl groups excluding tert-OH is 1. The van der Waals surface area contributed by atoms with E-state index in [1.165, 1.54) is 24.1 Å². The van der Waals surface area contributed by atoms with Gasteiger partial charge in [-0.1, -0.05) is 18.2 Å². The molecule has 1 saturated carbocycles. The summed E-state index contributed by atoms with van der Waals surface area (Å²) in [5.74, 6) is 0. The maximum atomic E-state index is 9.25. The number of aliphatic hydroxyl groups is 1. The number of hydrogen-bond donors (Lipinski definition) is 2. The van der Waals surface area contributed by atoms with Gasteiger partial charge in [0.15, 0.2) is 0 Å². The van der Waals surface area contributed by atoms with Gasteiger partial charge in [0.25, 0.3) is 0 Å². The van der Waals surface area contributed by atoms with Crippen molar-refractivity contribution in [2.24, 2.45) is 0 Å². The van der Waals surface area contributed by atoms with Crippen LogP contribution in [0.25, 0.3) is 0 Å². The van der Waals surface area contributed by atoms with Crippen LogP contribution in [0.5, 0.6) is 0 Å². The van der Waals surface area contributed by atoms with E-state index in [-0.39, 0.29) is 12.7 Å². The number of anilines is 1. The van der Waals surface area contributed by atoms with Crippen LogP contribution < -0.4 is 10.2 Å². The van der Waals surface area contributed by atoms with E-state index in [2.05, 4.69) is 34.5 Å². The number of morpholine rings is 1. The van der Waals surface area contributed by atoms with Gasteiger partial charge in [0.05, 0.1) is 19.3 Å². The fourth-order valence-electron chi connectivity index (χ4n) is 2.56. The Balaban J connectivity index is 1.70. The van der Waals surface area contributed by atoms with E-state index in [0.29, 0.717) is 6.61 Å². The first kappa shape index (κ1) is 12.9. The molecule has 0 amide bonds. The molecule has 1 heterocycles. The minimum Gasteiger partial charge on any atom is -0.394 e. The van der Waals surface area contributed by atoms with E-state index in [0.717, 1.165) is 25.7 Å². The molecule has 0 aromatic heterocycles. The van der Waals surface area contributed by atoms with Gasteiger partial charge in [-0.25, -0.2) is 0 Å². The fourth-order valence-corrected chi connectivity index (χ4v) is 2.56. The first-order valence-electron chi connectivity index (χ1n) is 7.15. The highest BCUT2D eigenvalue weighted by molar-refractivity contribution is 5.54. The van der Waals surface area contributed by atoms with Crippen LogP contribution in [0.1, 0.15) is 18.4 Å². The summed E-state index contributed by atoms with van der Waals surface area (Å²) in [6.45, 7) is 3.39. The van der Waals surface area contributed by atoms with Crippen LogP contribution in [0.4, 0.5) is 5.69 Å². The quantitative estimate of drug-likeness (QED) is 0.835. The summed E-state index contributed by atoms with van der Waals surface area (Å²) in [4.78, 5) is 2.33. The summed E-state index contributed by atoms with van der Waals surface area (Å²) in [7, 11) is 0. The molecule has 1 aromatic carbocycles. The molecule has 2 fully saturated rings. The van der Waals surface area contributed by atoms with Crippen LogP contribution in [-0.2, 0) is 11.3 Å². The number of hydrogen-bond acceptors (Lipinski definition) is 4. The standard InChI is InChI=1S/C15H22N2O2/c18-11-14-10-17(7-8-19-14)15-4-2-1-3-12(15)9-16-13-5-6-13/h1-4,13-14,16,18H,5-11H2. The van der Waals surface area contributed by atoms with E-state index in [1.54, 1.807) is 0 Å². The molecule has 1 saturated heterocycles. The number of para-hydroxylation sites is 1. The van der Waals surface area contributed by atoms with Gasteiger partial charge in [0, 0.05) is 31.4 Å². The van der Waals surface area contributed by atoms with E-state index in [9.17, 15) is 5.11 Å². The zero-order valence-corrected chi connectivity index (χ0v) is 11.2. The predicted octanol–water partition coefficient (Wildman–Crippen LogP) is 1.14. The molecule has 0 radical (unpaired) electrons. The number of ether oxygens (including phenoxy) is 1. The highest BCUT2D eigenvalue weighted by Gasteiger charge is 2.23. The van der Waals surface area contributed by atoms with Crippen molar-refractivity contribution in [1.82, 2.24) is 5.32 Å². The summed E-state index contributed by atoms with van der Waals surface area (Å²) in [5.41, 5.74) is 2.62. The molecule has 19 heavy (non-hydrogen) atoms. The minimum atomic E-state index is -0.0572. The molecule has 1 aliphatic heterocycles. The van der Waals surface area contributed by atoms with Crippen LogP contribution in [-0.4, -0.2) is 43.6 Å². The molecule has 4 nitrogen and oxygen atoms in total. The van der Waals surface area contributed by atoms with Crippen LogP contribution >= 0.6 is 0 Å². The SMILES string of the molecule is OCC1CN(c2ccccc2CNC2CC2)CCO1. The van der Waals surface area contributed by atoms with Crippen molar-refractivity contribution in [1.29, 1.82) is 0 Å². The molecule has 104 valence electrons. The summed E-state index contributed by atoms with van der Waals surface area (Å²) < 4.78 is 5.52. The lowest BCUT2D eigenvalue weighted by atomic mass is 10.1. The zero-order valence-electron chi connectivity index (χ0n) is 11.2. The second-order valence-corrected chi connectivity index (χ2v) is 5.41. The Morgan fingerprint density at radius 1 is 1.32 bits per heavy atom. The number of rotatable bonds is 5. The van der Waals surface area contributed by atoms with Gasteiger partial charge >= 0.3 is 0 Å². The molecule has 2 N–H and O–H groups in total. The molecule has 0 spiro atoms. The third-order valence-electron chi connectivity index (χ3n) is 3.83. The lowest BCUT2D eigenvalue weighted by Gasteiger charge is -2.35. The highest BCUT2D eigenvalue weighted by atomic mass is 16.5. The molecule has 2 aliphatic rings. The maximum absolute atomic E-state index is 9.25. The van der Waals surface area contributed by atoms with E-state index >= 15 is 0 Å². The van der Waals surface area contributed by atoms with Crippen LogP contribution in [0.2, 0.25) is 0 Å². The van der Waals surface area contributed by atoms with Crippen molar-refractivity contribution in [3.8, 4) is 0 Å². The Morgan fingerprint density at radius 3 is 2.95 bits per heavy atom. The molecule has 0 bridgehead atoms. The van der Waals surface area contributed by atoms with Crippen molar-refractivity contribution >= 4 is 5.69 Å². The van der Waals surface area contributed by atoms with Gasteiger partial charge in [-0.05, 0) is 24.5 Å². The molecule has 1 aliphatic carbocycles. The van der Waals surface area contributed by atoms with Gasteiger partial charge in [0.2, 0.25) is 0 Å². The fraction of sp³-hybridized carbons (Fsp3) is 0.600. The van der Waals surface area contributed by atoms with E-state index < -0.39 is 0 Å². The monoisotopic (exact) mass is 262 g/mol.